The summed E-state index contributed by atoms with van der Waals surface area (Å²) in [6.07, 6.45) is 1.84. The van der Waals surface area contributed by atoms with Gasteiger partial charge in [0.25, 0.3) is 0 Å². The van der Waals surface area contributed by atoms with Gasteiger partial charge in [-0.05, 0) is 16.7 Å². The summed E-state index contributed by atoms with van der Waals surface area (Å²) >= 11 is 0. The van der Waals surface area contributed by atoms with E-state index in [2.05, 4.69) is 24.3 Å². The summed E-state index contributed by atoms with van der Waals surface area (Å²) in [4.78, 5) is 0. The van der Waals surface area contributed by atoms with Gasteiger partial charge >= 0.3 is 0 Å². The van der Waals surface area contributed by atoms with Gasteiger partial charge in [-0.3, -0.25) is 0 Å². The fourth-order valence-electron chi connectivity index (χ4n) is 1.73. The molecule has 1 nitrogen and oxygen atoms in total. The van der Waals surface area contributed by atoms with E-state index in [1.807, 2.05) is 42.5 Å². The van der Waals surface area contributed by atoms with Crippen molar-refractivity contribution in [3.05, 3.63) is 77.9 Å². The molecule has 0 radical (unpaired) electrons. The summed E-state index contributed by atoms with van der Waals surface area (Å²) < 4.78 is 0. The van der Waals surface area contributed by atoms with Crippen molar-refractivity contribution < 1.29 is 5.11 Å². The molecular weight excluding hydrogens is 196 g/mol. The van der Waals surface area contributed by atoms with E-state index in [0.29, 0.717) is 0 Å². The predicted molar refractivity (Wildman–Crippen MR) is 67.0 cm³/mol. The van der Waals surface area contributed by atoms with Crippen molar-refractivity contribution in [1.82, 2.24) is 0 Å². The SMILES string of the molecule is OCC=C(c1ccccc1)c1ccccc1. The van der Waals surface area contributed by atoms with E-state index >= 15 is 0 Å². The number of hydrogen-bond acceptors (Lipinski definition) is 1. The van der Waals surface area contributed by atoms with Crippen molar-refractivity contribution in [2.24, 2.45) is 0 Å². The van der Waals surface area contributed by atoms with Gasteiger partial charge in [-0.25, -0.2) is 0 Å². The van der Waals surface area contributed by atoms with Gasteiger partial charge < -0.3 is 5.11 Å². The standard InChI is InChI=1S/C15H14O/c16-12-11-15(13-7-3-1-4-8-13)14-9-5-2-6-10-14/h1-11,16H,12H2. The van der Waals surface area contributed by atoms with E-state index in [4.69, 9.17) is 5.11 Å². The summed E-state index contributed by atoms with van der Waals surface area (Å²) in [5.74, 6) is 0. The van der Waals surface area contributed by atoms with Crippen molar-refractivity contribution >= 4 is 5.57 Å². The molecule has 0 amide bonds. The van der Waals surface area contributed by atoms with Crippen molar-refractivity contribution in [3.8, 4) is 0 Å². The highest BCUT2D eigenvalue weighted by Crippen LogP contribution is 2.22. The molecule has 0 heterocycles. The van der Waals surface area contributed by atoms with Crippen molar-refractivity contribution in [3.63, 3.8) is 0 Å². The average molecular weight is 210 g/mol. The van der Waals surface area contributed by atoms with E-state index in [9.17, 15) is 0 Å². The predicted octanol–water partition coefficient (Wildman–Crippen LogP) is 3.11. The molecule has 1 N–H and O–H groups in total. The summed E-state index contributed by atoms with van der Waals surface area (Å²) in [5, 5.41) is 9.08. The van der Waals surface area contributed by atoms with E-state index in [-0.39, 0.29) is 6.61 Å². The summed E-state index contributed by atoms with van der Waals surface area (Å²) in [5.41, 5.74) is 3.33. The molecule has 0 aliphatic rings. The Hall–Kier alpha value is -1.86. The molecular formula is C15H14O. The second-order valence-electron chi connectivity index (χ2n) is 3.53. The Kier molecular flexibility index (Phi) is 3.52. The molecule has 0 bridgehead atoms. The number of benzene rings is 2. The van der Waals surface area contributed by atoms with Gasteiger partial charge in [0.15, 0.2) is 0 Å². The number of aliphatic hydroxyl groups is 1. The molecule has 2 aromatic rings. The smallest absolute Gasteiger partial charge is 0.0621 e. The molecule has 80 valence electrons. The molecule has 0 atom stereocenters. The Balaban J connectivity index is 2.44. The molecule has 0 aliphatic carbocycles. The molecule has 16 heavy (non-hydrogen) atoms. The van der Waals surface area contributed by atoms with Crippen LogP contribution < -0.4 is 0 Å². The summed E-state index contributed by atoms with van der Waals surface area (Å²) in [6.45, 7) is 0.0547. The van der Waals surface area contributed by atoms with Gasteiger partial charge in [0.05, 0.1) is 6.61 Å². The zero-order chi connectivity index (χ0) is 11.2. The number of aliphatic hydroxyl groups excluding tert-OH is 1. The molecule has 2 rings (SSSR count). The fourth-order valence-corrected chi connectivity index (χ4v) is 1.73. The maximum Gasteiger partial charge on any atom is 0.0621 e. The quantitative estimate of drug-likeness (QED) is 0.825. The highest BCUT2D eigenvalue weighted by Gasteiger charge is 2.02. The minimum absolute atomic E-state index is 0.0547. The van der Waals surface area contributed by atoms with Crippen molar-refractivity contribution in [2.45, 2.75) is 0 Å². The van der Waals surface area contributed by atoms with Gasteiger partial charge in [0.2, 0.25) is 0 Å². The molecule has 1 heteroatoms. The van der Waals surface area contributed by atoms with Gasteiger partial charge in [0, 0.05) is 0 Å². The van der Waals surface area contributed by atoms with Gasteiger partial charge in [-0.15, -0.1) is 0 Å². The van der Waals surface area contributed by atoms with E-state index in [1.54, 1.807) is 0 Å². The molecule has 0 aliphatic heterocycles. The lowest BCUT2D eigenvalue weighted by molar-refractivity contribution is 0.343. The highest BCUT2D eigenvalue weighted by atomic mass is 16.2. The van der Waals surface area contributed by atoms with Gasteiger partial charge in [0.1, 0.15) is 0 Å². The van der Waals surface area contributed by atoms with E-state index in [1.165, 1.54) is 0 Å². The summed E-state index contributed by atoms with van der Waals surface area (Å²) in [7, 11) is 0. The highest BCUT2D eigenvalue weighted by molar-refractivity contribution is 5.79. The van der Waals surface area contributed by atoms with Crippen LogP contribution in [0, 0.1) is 0 Å². The fraction of sp³-hybridized carbons (Fsp3) is 0.0667. The van der Waals surface area contributed by atoms with Crippen LogP contribution in [-0.2, 0) is 0 Å². The van der Waals surface area contributed by atoms with Crippen LogP contribution in [-0.4, -0.2) is 11.7 Å². The molecule has 0 saturated carbocycles. The zero-order valence-electron chi connectivity index (χ0n) is 9.01. The maximum absolute atomic E-state index is 9.08. The minimum Gasteiger partial charge on any atom is -0.392 e. The Bertz CT molecular complexity index is 416. The van der Waals surface area contributed by atoms with Crippen LogP contribution in [0.3, 0.4) is 0 Å². The van der Waals surface area contributed by atoms with Crippen LogP contribution in [0.4, 0.5) is 0 Å². The zero-order valence-corrected chi connectivity index (χ0v) is 9.01. The van der Waals surface area contributed by atoms with Crippen molar-refractivity contribution in [2.75, 3.05) is 6.61 Å². The van der Waals surface area contributed by atoms with Crippen LogP contribution in [0.25, 0.3) is 5.57 Å². The van der Waals surface area contributed by atoms with Crippen molar-refractivity contribution in [1.29, 1.82) is 0 Å². The van der Waals surface area contributed by atoms with Crippen LogP contribution in [0.1, 0.15) is 11.1 Å². The molecule has 0 saturated heterocycles. The van der Waals surface area contributed by atoms with Crippen LogP contribution in [0.2, 0.25) is 0 Å². The van der Waals surface area contributed by atoms with Gasteiger partial charge in [-0.2, -0.15) is 0 Å². The van der Waals surface area contributed by atoms with Crippen LogP contribution in [0.5, 0.6) is 0 Å². The third-order valence-corrected chi connectivity index (χ3v) is 2.46. The first-order valence-corrected chi connectivity index (χ1v) is 5.33. The second kappa shape index (κ2) is 5.29. The summed E-state index contributed by atoms with van der Waals surface area (Å²) in [6, 6.07) is 20.2. The van der Waals surface area contributed by atoms with Crippen LogP contribution in [0.15, 0.2) is 66.7 Å². The Morgan fingerprint density at radius 3 is 1.62 bits per heavy atom. The molecule has 0 fully saturated rings. The van der Waals surface area contributed by atoms with Gasteiger partial charge in [-0.1, -0.05) is 66.7 Å². The van der Waals surface area contributed by atoms with E-state index < -0.39 is 0 Å². The maximum atomic E-state index is 9.08. The first-order chi connectivity index (χ1) is 7.92. The second-order valence-corrected chi connectivity index (χ2v) is 3.53. The Morgan fingerprint density at radius 2 is 1.25 bits per heavy atom. The van der Waals surface area contributed by atoms with E-state index in [0.717, 1.165) is 16.7 Å². The lowest BCUT2D eigenvalue weighted by atomic mass is 9.98. The number of rotatable bonds is 3. The topological polar surface area (TPSA) is 20.2 Å². The molecule has 0 spiro atoms. The lowest BCUT2D eigenvalue weighted by Crippen LogP contribution is -1.89. The molecule has 0 unspecified atom stereocenters. The van der Waals surface area contributed by atoms with Crippen LogP contribution >= 0.6 is 0 Å². The Morgan fingerprint density at radius 1 is 0.812 bits per heavy atom. The normalized spacial score (nSPS) is 9.81. The first kappa shape index (κ1) is 10.7. The molecule has 2 aromatic carbocycles. The minimum atomic E-state index is 0.0547. The third-order valence-electron chi connectivity index (χ3n) is 2.46. The monoisotopic (exact) mass is 210 g/mol. The molecule has 0 aromatic heterocycles. The lowest BCUT2D eigenvalue weighted by Gasteiger charge is -2.07. The largest absolute Gasteiger partial charge is 0.392 e. The third kappa shape index (κ3) is 2.38. The first-order valence-electron chi connectivity index (χ1n) is 5.33. The Labute approximate surface area is 95.7 Å². The number of hydrogen-bond donors (Lipinski definition) is 1. The average Bonchev–Trinajstić information content (AvgIpc) is 2.38.